The molecular formula is C16H29BN2O5. The second-order valence-corrected chi connectivity index (χ2v) is 6.67. The van der Waals surface area contributed by atoms with Crippen molar-refractivity contribution in [3.63, 3.8) is 0 Å². The van der Waals surface area contributed by atoms with E-state index in [1.54, 1.807) is 0 Å². The SMILES string of the molecule is CC(C)C[C@H](NC(=O)/C=C/C(=O)NCC1CCCCC1)OB(O)O. The first-order valence-electron chi connectivity index (χ1n) is 8.64. The molecule has 0 bridgehead atoms. The van der Waals surface area contributed by atoms with Gasteiger partial charge >= 0.3 is 7.32 Å². The van der Waals surface area contributed by atoms with E-state index in [2.05, 4.69) is 10.6 Å². The third kappa shape index (κ3) is 9.69. The molecule has 0 aromatic rings. The summed E-state index contributed by atoms with van der Waals surface area (Å²) in [6.07, 6.45) is 7.88. The lowest BCUT2D eigenvalue weighted by Crippen LogP contribution is -2.41. The zero-order valence-corrected chi connectivity index (χ0v) is 14.5. The highest BCUT2D eigenvalue weighted by atomic mass is 16.6. The molecule has 136 valence electrons. The van der Waals surface area contributed by atoms with Gasteiger partial charge in [0.1, 0.15) is 6.23 Å². The Morgan fingerprint density at radius 2 is 1.79 bits per heavy atom. The fourth-order valence-corrected chi connectivity index (χ4v) is 2.78. The molecule has 24 heavy (non-hydrogen) atoms. The molecule has 2 amide bonds. The molecule has 1 atom stereocenters. The molecule has 1 aliphatic rings. The molecule has 0 heterocycles. The average molecular weight is 340 g/mol. The Balaban J connectivity index is 2.34. The van der Waals surface area contributed by atoms with E-state index in [4.69, 9.17) is 14.7 Å². The van der Waals surface area contributed by atoms with Crippen LogP contribution in [0.15, 0.2) is 12.2 Å². The number of carbonyl (C=O) groups excluding carboxylic acids is 2. The number of carbonyl (C=O) groups is 2. The summed E-state index contributed by atoms with van der Waals surface area (Å²) in [7, 11) is -1.96. The average Bonchev–Trinajstić information content (AvgIpc) is 2.50. The van der Waals surface area contributed by atoms with Gasteiger partial charge in [0.2, 0.25) is 11.8 Å². The van der Waals surface area contributed by atoms with Crippen molar-refractivity contribution in [3.8, 4) is 0 Å². The maximum absolute atomic E-state index is 11.8. The van der Waals surface area contributed by atoms with Crippen LogP contribution in [0.1, 0.15) is 52.4 Å². The van der Waals surface area contributed by atoms with Crippen LogP contribution in [0.5, 0.6) is 0 Å². The van der Waals surface area contributed by atoms with Crippen LogP contribution in [0, 0.1) is 11.8 Å². The summed E-state index contributed by atoms with van der Waals surface area (Å²) in [4.78, 5) is 23.5. The number of hydrogen-bond donors (Lipinski definition) is 4. The van der Waals surface area contributed by atoms with E-state index in [-0.39, 0.29) is 11.8 Å². The lowest BCUT2D eigenvalue weighted by Gasteiger charge is -2.21. The molecule has 8 heteroatoms. The second kappa shape index (κ2) is 11.2. The van der Waals surface area contributed by atoms with Crippen LogP contribution in [0.3, 0.4) is 0 Å². The molecule has 0 spiro atoms. The van der Waals surface area contributed by atoms with Gasteiger partial charge in [-0.15, -0.1) is 0 Å². The van der Waals surface area contributed by atoms with Crippen LogP contribution >= 0.6 is 0 Å². The fraction of sp³-hybridized carbons (Fsp3) is 0.750. The van der Waals surface area contributed by atoms with Crippen LogP contribution in [0.2, 0.25) is 0 Å². The summed E-state index contributed by atoms with van der Waals surface area (Å²) in [5, 5.41) is 23.0. The molecule has 0 aromatic carbocycles. The smallest absolute Gasteiger partial charge is 0.402 e. The van der Waals surface area contributed by atoms with E-state index in [1.807, 2.05) is 13.8 Å². The Hall–Kier alpha value is -1.38. The molecule has 0 unspecified atom stereocenters. The van der Waals surface area contributed by atoms with E-state index in [1.165, 1.54) is 25.3 Å². The van der Waals surface area contributed by atoms with Gasteiger partial charge in [-0.05, 0) is 31.1 Å². The molecule has 0 aromatic heterocycles. The third-order valence-electron chi connectivity index (χ3n) is 3.95. The number of rotatable bonds is 9. The molecule has 7 nitrogen and oxygen atoms in total. The second-order valence-electron chi connectivity index (χ2n) is 6.67. The predicted octanol–water partition coefficient (Wildman–Crippen LogP) is 0.714. The maximum atomic E-state index is 11.8. The molecule has 0 radical (unpaired) electrons. The topological polar surface area (TPSA) is 108 Å². The number of nitrogens with one attached hydrogen (secondary N) is 2. The van der Waals surface area contributed by atoms with E-state index in [9.17, 15) is 9.59 Å². The minimum atomic E-state index is -1.96. The van der Waals surface area contributed by atoms with Crippen LogP contribution in [-0.2, 0) is 14.2 Å². The van der Waals surface area contributed by atoms with Gasteiger partial charge in [-0.2, -0.15) is 0 Å². The van der Waals surface area contributed by atoms with Crippen molar-refractivity contribution in [1.82, 2.24) is 10.6 Å². The van der Waals surface area contributed by atoms with Gasteiger partial charge < -0.3 is 25.3 Å². The van der Waals surface area contributed by atoms with E-state index >= 15 is 0 Å². The summed E-state index contributed by atoms with van der Waals surface area (Å²) in [5.41, 5.74) is 0. The molecule has 0 saturated heterocycles. The van der Waals surface area contributed by atoms with Gasteiger partial charge in [0.15, 0.2) is 0 Å². The highest BCUT2D eigenvalue weighted by Crippen LogP contribution is 2.22. The van der Waals surface area contributed by atoms with Crippen molar-refractivity contribution < 1.29 is 24.3 Å². The first-order chi connectivity index (χ1) is 11.4. The Labute approximate surface area is 144 Å². The highest BCUT2D eigenvalue weighted by molar-refractivity contribution is 6.32. The molecule has 1 fully saturated rings. The van der Waals surface area contributed by atoms with E-state index in [0.717, 1.165) is 18.9 Å². The molecular weight excluding hydrogens is 311 g/mol. The normalized spacial score (nSPS) is 17.0. The first-order valence-corrected chi connectivity index (χ1v) is 8.64. The lowest BCUT2D eigenvalue weighted by molar-refractivity contribution is -0.120. The van der Waals surface area contributed by atoms with Crippen LogP contribution < -0.4 is 10.6 Å². The summed E-state index contributed by atoms with van der Waals surface area (Å²) >= 11 is 0. The summed E-state index contributed by atoms with van der Waals surface area (Å²) < 4.78 is 4.81. The Bertz CT molecular complexity index is 413. The number of amides is 2. The molecule has 0 aliphatic heterocycles. The van der Waals surface area contributed by atoms with Crippen molar-refractivity contribution in [1.29, 1.82) is 0 Å². The van der Waals surface area contributed by atoms with Crippen molar-refractivity contribution in [2.24, 2.45) is 11.8 Å². The van der Waals surface area contributed by atoms with Crippen molar-refractivity contribution in [3.05, 3.63) is 12.2 Å². The Kier molecular flexibility index (Phi) is 9.67. The minimum Gasteiger partial charge on any atom is -0.402 e. The minimum absolute atomic E-state index is 0.192. The molecule has 1 aliphatic carbocycles. The van der Waals surface area contributed by atoms with Crippen molar-refractivity contribution >= 4 is 19.1 Å². The fourth-order valence-electron chi connectivity index (χ4n) is 2.78. The van der Waals surface area contributed by atoms with Gasteiger partial charge in [0.05, 0.1) is 0 Å². The van der Waals surface area contributed by atoms with Crippen LogP contribution in [0.25, 0.3) is 0 Å². The number of hydrogen-bond acceptors (Lipinski definition) is 5. The first kappa shape index (κ1) is 20.7. The molecule has 1 rings (SSSR count). The summed E-state index contributed by atoms with van der Waals surface area (Å²) in [6, 6.07) is 0. The van der Waals surface area contributed by atoms with Gasteiger partial charge in [-0.3, -0.25) is 9.59 Å². The van der Waals surface area contributed by atoms with Crippen molar-refractivity contribution in [2.45, 2.75) is 58.6 Å². The zero-order chi connectivity index (χ0) is 17.9. The van der Waals surface area contributed by atoms with Gasteiger partial charge in [-0.25, -0.2) is 0 Å². The monoisotopic (exact) mass is 340 g/mol. The zero-order valence-electron chi connectivity index (χ0n) is 14.5. The van der Waals surface area contributed by atoms with Gasteiger partial charge in [0.25, 0.3) is 0 Å². The molecule has 4 N–H and O–H groups in total. The van der Waals surface area contributed by atoms with Crippen molar-refractivity contribution in [2.75, 3.05) is 6.54 Å². The van der Waals surface area contributed by atoms with E-state index < -0.39 is 19.5 Å². The Morgan fingerprint density at radius 1 is 1.17 bits per heavy atom. The Morgan fingerprint density at radius 3 is 2.38 bits per heavy atom. The van der Waals surface area contributed by atoms with Crippen LogP contribution in [0.4, 0.5) is 0 Å². The largest absolute Gasteiger partial charge is 0.635 e. The predicted molar refractivity (Wildman–Crippen MR) is 91.4 cm³/mol. The van der Waals surface area contributed by atoms with E-state index in [0.29, 0.717) is 18.9 Å². The molecule has 1 saturated carbocycles. The standard InChI is InChI=1S/C16H29BN2O5/c1-12(2)10-16(24-17(22)23)19-15(21)9-8-14(20)18-11-13-6-4-3-5-7-13/h8-9,12-13,16,22-23H,3-7,10-11H2,1-2H3,(H,18,20)(H,19,21)/b9-8+/t16-/m1/s1. The van der Waals surface area contributed by atoms with Gasteiger partial charge in [-0.1, -0.05) is 33.1 Å². The third-order valence-corrected chi connectivity index (χ3v) is 3.95. The highest BCUT2D eigenvalue weighted by Gasteiger charge is 2.20. The van der Waals surface area contributed by atoms with Crippen LogP contribution in [-0.4, -0.2) is 42.0 Å². The lowest BCUT2D eigenvalue weighted by atomic mass is 9.89. The maximum Gasteiger partial charge on any atom is 0.635 e. The summed E-state index contributed by atoms with van der Waals surface area (Å²) in [6.45, 7) is 4.47. The van der Waals surface area contributed by atoms with Gasteiger partial charge in [0, 0.05) is 18.7 Å². The summed E-state index contributed by atoms with van der Waals surface area (Å²) in [5.74, 6) is -0.107. The quantitative estimate of drug-likeness (QED) is 0.281.